The van der Waals surface area contributed by atoms with Crippen LogP contribution in [0, 0.1) is 5.41 Å². The predicted octanol–water partition coefficient (Wildman–Crippen LogP) is 1.07. The van der Waals surface area contributed by atoms with Crippen LogP contribution in [0.15, 0.2) is 18.2 Å². The van der Waals surface area contributed by atoms with Crippen LogP contribution in [0.1, 0.15) is 24.2 Å². The summed E-state index contributed by atoms with van der Waals surface area (Å²) in [6.45, 7) is 5.08. The third-order valence-electron chi connectivity index (χ3n) is 3.42. The third-order valence-corrected chi connectivity index (χ3v) is 3.42. The van der Waals surface area contributed by atoms with Crippen LogP contribution in [-0.4, -0.2) is 43.5 Å². The SMILES string of the molecule is CN(CC(C)(C)CN)C(=O)c1ccc2c(c1)NC(=O)CO2. The molecular weight excluding hydrogens is 270 g/mol. The van der Waals surface area contributed by atoms with Gasteiger partial charge in [-0.25, -0.2) is 0 Å². The minimum absolute atomic E-state index is 0.00485. The van der Waals surface area contributed by atoms with Gasteiger partial charge in [-0.1, -0.05) is 13.8 Å². The van der Waals surface area contributed by atoms with E-state index >= 15 is 0 Å². The summed E-state index contributed by atoms with van der Waals surface area (Å²) in [5, 5.41) is 2.70. The second-order valence-corrected chi connectivity index (χ2v) is 6.08. The summed E-state index contributed by atoms with van der Waals surface area (Å²) in [6.07, 6.45) is 0. The maximum atomic E-state index is 12.4. The lowest BCUT2D eigenvalue weighted by atomic mass is 9.93. The van der Waals surface area contributed by atoms with E-state index in [0.717, 1.165) is 0 Å². The average molecular weight is 291 g/mol. The van der Waals surface area contributed by atoms with Gasteiger partial charge in [0.15, 0.2) is 6.61 Å². The molecule has 6 heteroatoms. The molecule has 1 aromatic rings. The summed E-state index contributed by atoms with van der Waals surface area (Å²) in [6, 6.07) is 5.04. The quantitative estimate of drug-likeness (QED) is 0.869. The van der Waals surface area contributed by atoms with E-state index in [1.165, 1.54) is 0 Å². The fourth-order valence-electron chi connectivity index (χ4n) is 2.21. The van der Waals surface area contributed by atoms with Crippen LogP contribution >= 0.6 is 0 Å². The molecule has 1 aliphatic heterocycles. The van der Waals surface area contributed by atoms with Crippen LogP contribution in [-0.2, 0) is 4.79 Å². The van der Waals surface area contributed by atoms with Gasteiger partial charge in [0, 0.05) is 19.2 Å². The molecule has 21 heavy (non-hydrogen) atoms. The van der Waals surface area contributed by atoms with E-state index in [1.54, 1.807) is 30.1 Å². The number of anilines is 1. The summed E-state index contributed by atoms with van der Waals surface area (Å²) >= 11 is 0. The molecule has 0 atom stereocenters. The molecule has 6 nitrogen and oxygen atoms in total. The molecule has 1 aromatic carbocycles. The van der Waals surface area contributed by atoms with Crippen molar-refractivity contribution >= 4 is 17.5 Å². The van der Waals surface area contributed by atoms with E-state index in [1.807, 2.05) is 13.8 Å². The van der Waals surface area contributed by atoms with Crippen molar-refractivity contribution in [2.45, 2.75) is 13.8 Å². The molecule has 0 unspecified atom stereocenters. The topological polar surface area (TPSA) is 84.7 Å². The maximum absolute atomic E-state index is 12.4. The van der Waals surface area contributed by atoms with Crippen LogP contribution in [0.25, 0.3) is 0 Å². The molecule has 0 saturated heterocycles. The zero-order valence-corrected chi connectivity index (χ0v) is 12.6. The van der Waals surface area contributed by atoms with Gasteiger partial charge in [0.05, 0.1) is 5.69 Å². The Balaban J connectivity index is 2.16. The van der Waals surface area contributed by atoms with E-state index in [2.05, 4.69) is 5.32 Å². The first-order valence-corrected chi connectivity index (χ1v) is 6.85. The number of carbonyl (C=O) groups excluding carboxylic acids is 2. The molecule has 114 valence electrons. The number of nitrogens with two attached hydrogens (primary N) is 1. The number of rotatable bonds is 4. The smallest absolute Gasteiger partial charge is 0.262 e. The lowest BCUT2D eigenvalue weighted by Crippen LogP contribution is -2.39. The molecule has 2 amide bonds. The molecule has 1 heterocycles. The van der Waals surface area contributed by atoms with Crippen LogP contribution in [0.4, 0.5) is 5.69 Å². The largest absolute Gasteiger partial charge is 0.482 e. The lowest BCUT2D eigenvalue weighted by molar-refractivity contribution is -0.118. The normalized spacial score (nSPS) is 14.0. The molecule has 0 saturated carbocycles. The number of carbonyl (C=O) groups is 2. The molecule has 0 aromatic heterocycles. The standard InChI is InChI=1S/C15H21N3O3/c1-15(2,8-16)9-18(3)14(20)10-4-5-12-11(6-10)17-13(19)7-21-12/h4-6H,7-9,16H2,1-3H3,(H,17,19). The number of amides is 2. The Labute approximate surface area is 124 Å². The molecule has 0 spiro atoms. The second-order valence-electron chi connectivity index (χ2n) is 6.08. The van der Waals surface area contributed by atoms with E-state index in [9.17, 15) is 9.59 Å². The number of fused-ring (bicyclic) bond motifs is 1. The Morgan fingerprint density at radius 3 is 2.86 bits per heavy atom. The fraction of sp³-hybridized carbons (Fsp3) is 0.467. The van der Waals surface area contributed by atoms with Crippen molar-refractivity contribution in [3.8, 4) is 5.75 Å². The Hall–Kier alpha value is -2.08. The molecule has 1 aliphatic rings. The molecule has 2 rings (SSSR count). The van der Waals surface area contributed by atoms with Crippen molar-refractivity contribution in [1.82, 2.24) is 4.90 Å². The van der Waals surface area contributed by atoms with E-state index < -0.39 is 0 Å². The highest BCUT2D eigenvalue weighted by molar-refractivity contribution is 5.99. The molecule has 0 bridgehead atoms. The first-order valence-electron chi connectivity index (χ1n) is 6.85. The number of hydrogen-bond acceptors (Lipinski definition) is 4. The Kier molecular flexibility index (Phi) is 4.18. The number of nitrogens with one attached hydrogen (secondary N) is 1. The van der Waals surface area contributed by atoms with Gasteiger partial charge in [-0.05, 0) is 30.2 Å². The van der Waals surface area contributed by atoms with Crippen LogP contribution in [0.2, 0.25) is 0 Å². The van der Waals surface area contributed by atoms with Crippen LogP contribution in [0.5, 0.6) is 5.75 Å². The highest BCUT2D eigenvalue weighted by Crippen LogP contribution is 2.29. The van der Waals surface area contributed by atoms with Crippen molar-refractivity contribution in [1.29, 1.82) is 0 Å². The lowest BCUT2D eigenvalue weighted by Gasteiger charge is -2.29. The summed E-state index contributed by atoms with van der Waals surface area (Å²) < 4.78 is 5.28. The minimum atomic E-state index is -0.218. The van der Waals surface area contributed by atoms with Crippen molar-refractivity contribution in [3.05, 3.63) is 23.8 Å². The van der Waals surface area contributed by atoms with Gasteiger partial charge in [0.1, 0.15) is 5.75 Å². The average Bonchev–Trinajstić information content (AvgIpc) is 2.45. The van der Waals surface area contributed by atoms with Gasteiger partial charge in [0.2, 0.25) is 0 Å². The molecule has 0 fully saturated rings. The third kappa shape index (κ3) is 3.52. The number of hydrogen-bond donors (Lipinski definition) is 2. The van der Waals surface area contributed by atoms with Crippen LogP contribution < -0.4 is 15.8 Å². The maximum Gasteiger partial charge on any atom is 0.262 e. The minimum Gasteiger partial charge on any atom is -0.482 e. The molecule has 3 N–H and O–H groups in total. The van der Waals surface area contributed by atoms with Crippen LogP contribution in [0.3, 0.4) is 0 Å². The van der Waals surface area contributed by atoms with Crippen molar-refractivity contribution in [2.75, 3.05) is 32.1 Å². The first kappa shape index (κ1) is 15.3. The Bertz CT molecular complexity index is 569. The van der Waals surface area contributed by atoms with E-state index in [0.29, 0.717) is 30.1 Å². The highest BCUT2D eigenvalue weighted by atomic mass is 16.5. The zero-order valence-electron chi connectivity index (χ0n) is 12.6. The van der Waals surface area contributed by atoms with Crippen molar-refractivity contribution in [3.63, 3.8) is 0 Å². The van der Waals surface area contributed by atoms with Gasteiger partial charge in [-0.15, -0.1) is 0 Å². The summed E-state index contributed by atoms with van der Waals surface area (Å²) in [5.74, 6) is 0.250. The predicted molar refractivity (Wildman–Crippen MR) is 80.4 cm³/mol. The summed E-state index contributed by atoms with van der Waals surface area (Å²) in [4.78, 5) is 25.4. The number of benzene rings is 1. The molecular formula is C15H21N3O3. The first-order chi connectivity index (χ1) is 9.82. The number of nitrogens with zero attached hydrogens (tertiary/aromatic N) is 1. The monoisotopic (exact) mass is 291 g/mol. The zero-order chi connectivity index (χ0) is 15.6. The highest BCUT2D eigenvalue weighted by Gasteiger charge is 2.23. The number of ether oxygens (including phenoxy) is 1. The Morgan fingerprint density at radius 2 is 2.19 bits per heavy atom. The van der Waals surface area contributed by atoms with Gasteiger partial charge in [-0.2, -0.15) is 0 Å². The van der Waals surface area contributed by atoms with Gasteiger partial charge in [0.25, 0.3) is 11.8 Å². The molecule has 0 radical (unpaired) electrons. The van der Waals surface area contributed by atoms with Gasteiger partial charge >= 0.3 is 0 Å². The van der Waals surface area contributed by atoms with Crippen molar-refractivity contribution in [2.24, 2.45) is 11.1 Å². The summed E-state index contributed by atoms with van der Waals surface area (Å²) in [5.41, 5.74) is 6.60. The van der Waals surface area contributed by atoms with Gasteiger partial charge in [-0.3, -0.25) is 9.59 Å². The fourth-order valence-corrected chi connectivity index (χ4v) is 2.21. The Morgan fingerprint density at radius 1 is 1.48 bits per heavy atom. The molecule has 0 aliphatic carbocycles. The van der Waals surface area contributed by atoms with Gasteiger partial charge < -0.3 is 20.7 Å². The van der Waals surface area contributed by atoms with E-state index in [-0.39, 0.29) is 23.8 Å². The van der Waals surface area contributed by atoms with E-state index in [4.69, 9.17) is 10.5 Å². The second kappa shape index (κ2) is 5.73. The summed E-state index contributed by atoms with van der Waals surface area (Å²) in [7, 11) is 1.74. The van der Waals surface area contributed by atoms with Crippen molar-refractivity contribution < 1.29 is 14.3 Å².